The molecule has 0 bridgehead atoms. The summed E-state index contributed by atoms with van der Waals surface area (Å²) in [6.45, 7) is 0.768. The third kappa shape index (κ3) is 4.74. The summed E-state index contributed by atoms with van der Waals surface area (Å²) >= 11 is 18.7. The Balaban J connectivity index is 1.62. The number of piperidine rings is 1. The van der Waals surface area contributed by atoms with Crippen LogP contribution in [0.5, 0.6) is 0 Å². The maximum absolute atomic E-state index is 13.6. The van der Waals surface area contributed by atoms with E-state index >= 15 is 0 Å². The first kappa shape index (κ1) is 21.4. The van der Waals surface area contributed by atoms with Crippen LogP contribution in [0.4, 0.5) is 14.5 Å². The summed E-state index contributed by atoms with van der Waals surface area (Å²) in [4.78, 5) is 2.32. The number of hydrogen-bond donors (Lipinski definition) is 0. The second kappa shape index (κ2) is 9.13. The number of halogens is 5. The van der Waals surface area contributed by atoms with Gasteiger partial charge >= 0.3 is 0 Å². The Morgan fingerprint density at radius 1 is 0.800 bits per heavy atom. The van der Waals surface area contributed by atoms with Crippen molar-refractivity contribution in [3.63, 3.8) is 0 Å². The lowest BCUT2D eigenvalue weighted by molar-refractivity contribution is 0.357. The first-order valence-corrected chi connectivity index (χ1v) is 10.9. The van der Waals surface area contributed by atoms with Crippen LogP contribution in [-0.4, -0.2) is 6.54 Å². The molecule has 3 aromatic carbocycles. The molecule has 1 fully saturated rings. The summed E-state index contributed by atoms with van der Waals surface area (Å²) in [6.07, 6.45) is 2.52. The molecule has 0 amide bonds. The molecule has 1 saturated heterocycles. The van der Waals surface area contributed by atoms with Crippen molar-refractivity contribution in [3.05, 3.63) is 98.5 Å². The van der Waals surface area contributed by atoms with Crippen molar-refractivity contribution < 1.29 is 8.78 Å². The van der Waals surface area contributed by atoms with Gasteiger partial charge in [0.05, 0.1) is 6.04 Å². The molecule has 30 heavy (non-hydrogen) atoms. The summed E-state index contributed by atoms with van der Waals surface area (Å²) in [6, 6.07) is 17.6. The van der Waals surface area contributed by atoms with Crippen LogP contribution in [0.15, 0.2) is 60.7 Å². The van der Waals surface area contributed by atoms with Crippen LogP contribution in [0, 0.1) is 17.6 Å². The van der Waals surface area contributed by atoms with E-state index in [4.69, 9.17) is 34.8 Å². The van der Waals surface area contributed by atoms with Gasteiger partial charge in [-0.2, -0.15) is 0 Å². The molecule has 156 valence electrons. The van der Waals surface area contributed by atoms with Crippen molar-refractivity contribution >= 4 is 40.5 Å². The zero-order valence-corrected chi connectivity index (χ0v) is 18.4. The molecule has 1 aliphatic rings. The number of benzene rings is 3. The lowest BCUT2D eigenvalue weighted by Crippen LogP contribution is -2.39. The number of anilines is 1. The van der Waals surface area contributed by atoms with Gasteiger partial charge in [-0.05, 0) is 84.8 Å². The molecule has 3 aromatic rings. The molecule has 1 nitrogen and oxygen atoms in total. The van der Waals surface area contributed by atoms with Gasteiger partial charge < -0.3 is 4.90 Å². The van der Waals surface area contributed by atoms with Gasteiger partial charge in [-0.1, -0.05) is 46.9 Å². The van der Waals surface area contributed by atoms with E-state index in [1.54, 1.807) is 12.1 Å². The standard InChI is InChI=1S/C24H20Cl3F2N/c25-17-3-6-19(7-4-17)30-14-16(11-15-1-9-22(28)23(29)12-15)2-10-24(30)20-8-5-18(26)13-21(20)27/h1,3-9,12-13,16,24H,2,10-11,14H2/t16-,24-/m0/s1. The van der Waals surface area contributed by atoms with Gasteiger partial charge in [0.2, 0.25) is 0 Å². The van der Waals surface area contributed by atoms with Crippen LogP contribution in [0.3, 0.4) is 0 Å². The fourth-order valence-electron chi connectivity index (χ4n) is 4.23. The van der Waals surface area contributed by atoms with Crippen molar-refractivity contribution in [2.75, 3.05) is 11.4 Å². The molecule has 1 aliphatic heterocycles. The number of nitrogens with zero attached hydrogens (tertiary/aromatic N) is 1. The summed E-state index contributed by atoms with van der Waals surface area (Å²) in [7, 11) is 0. The van der Waals surface area contributed by atoms with Crippen LogP contribution in [0.2, 0.25) is 15.1 Å². The highest BCUT2D eigenvalue weighted by Gasteiger charge is 2.31. The van der Waals surface area contributed by atoms with Gasteiger partial charge in [0.1, 0.15) is 0 Å². The Bertz CT molecular complexity index is 1040. The molecule has 0 aromatic heterocycles. The molecule has 0 unspecified atom stereocenters. The van der Waals surface area contributed by atoms with E-state index in [1.165, 1.54) is 12.1 Å². The molecule has 0 spiro atoms. The van der Waals surface area contributed by atoms with Gasteiger partial charge in [-0.3, -0.25) is 0 Å². The van der Waals surface area contributed by atoms with Gasteiger partial charge in [0.25, 0.3) is 0 Å². The van der Waals surface area contributed by atoms with Crippen molar-refractivity contribution in [1.82, 2.24) is 0 Å². The van der Waals surface area contributed by atoms with Crippen LogP contribution in [0.1, 0.15) is 30.0 Å². The predicted octanol–water partition coefficient (Wildman–Crippen LogP) is 8.13. The lowest BCUT2D eigenvalue weighted by Gasteiger charge is -2.42. The Hall–Kier alpha value is -1.81. The highest BCUT2D eigenvalue weighted by atomic mass is 35.5. The van der Waals surface area contributed by atoms with E-state index in [-0.39, 0.29) is 6.04 Å². The molecule has 0 aliphatic carbocycles. The quantitative estimate of drug-likeness (QED) is 0.375. The zero-order valence-electron chi connectivity index (χ0n) is 16.1. The highest BCUT2D eigenvalue weighted by molar-refractivity contribution is 6.35. The molecule has 6 heteroatoms. The highest BCUT2D eigenvalue weighted by Crippen LogP contribution is 2.41. The van der Waals surface area contributed by atoms with Crippen LogP contribution in [0.25, 0.3) is 0 Å². The average molecular weight is 467 g/mol. The van der Waals surface area contributed by atoms with Crippen molar-refractivity contribution in [1.29, 1.82) is 0 Å². The lowest BCUT2D eigenvalue weighted by atomic mass is 9.85. The third-order valence-electron chi connectivity index (χ3n) is 5.67. The van der Waals surface area contributed by atoms with Crippen LogP contribution < -0.4 is 4.90 Å². The first-order chi connectivity index (χ1) is 14.4. The Kier molecular flexibility index (Phi) is 6.52. The molecule has 4 rings (SSSR count). The number of hydrogen-bond acceptors (Lipinski definition) is 1. The summed E-state index contributed by atoms with van der Waals surface area (Å²) in [5, 5.41) is 1.93. The Labute approximate surface area is 190 Å². The molecule has 1 heterocycles. The fourth-order valence-corrected chi connectivity index (χ4v) is 4.89. The molecular formula is C24H20Cl3F2N. The van der Waals surface area contributed by atoms with E-state index in [9.17, 15) is 8.78 Å². The van der Waals surface area contributed by atoms with Crippen molar-refractivity contribution in [2.24, 2.45) is 5.92 Å². The minimum Gasteiger partial charge on any atom is -0.364 e. The molecule has 0 N–H and O–H groups in total. The monoisotopic (exact) mass is 465 g/mol. The molecule has 0 saturated carbocycles. The second-order valence-corrected chi connectivity index (χ2v) is 8.99. The molecular weight excluding hydrogens is 447 g/mol. The van der Waals surface area contributed by atoms with Gasteiger partial charge in [0.15, 0.2) is 11.6 Å². The van der Waals surface area contributed by atoms with E-state index in [2.05, 4.69) is 4.90 Å². The van der Waals surface area contributed by atoms with Crippen molar-refractivity contribution in [2.45, 2.75) is 25.3 Å². The van der Waals surface area contributed by atoms with Gasteiger partial charge in [0, 0.05) is 27.3 Å². The SMILES string of the molecule is Fc1ccc(C[C@@H]2CC[C@@H](c3ccc(Cl)cc3Cl)N(c3ccc(Cl)cc3)C2)cc1F. The normalized spacial score (nSPS) is 19.2. The third-order valence-corrected chi connectivity index (χ3v) is 6.48. The van der Waals surface area contributed by atoms with Crippen LogP contribution >= 0.6 is 34.8 Å². The topological polar surface area (TPSA) is 3.24 Å². The Morgan fingerprint density at radius 3 is 2.23 bits per heavy atom. The van der Waals surface area contributed by atoms with E-state index in [1.807, 2.05) is 36.4 Å². The Morgan fingerprint density at radius 2 is 1.53 bits per heavy atom. The largest absolute Gasteiger partial charge is 0.364 e. The molecule has 2 atom stereocenters. The van der Waals surface area contributed by atoms with E-state index in [0.29, 0.717) is 27.4 Å². The summed E-state index contributed by atoms with van der Waals surface area (Å²) in [5.41, 5.74) is 2.88. The average Bonchev–Trinajstić information content (AvgIpc) is 2.72. The maximum atomic E-state index is 13.6. The minimum absolute atomic E-state index is 0.0946. The van der Waals surface area contributed by atoms with Crippen molar-refractivity contribution in [3.8, 4) is 0 Å². The van der Waals surface area contributed by atoms with Gasteiger partial charge in [-0.25, -0.2) is 8.78 Å². The smallest absolute Gasteiger partial charge is 0.159 e. The maximum Gasteiger partial charge on any atom is 0.159 e. The second-order valence-electron chi connectivity index (χ2n) is 7.71. The van der Waals surface area contributed by atoms with Crippen LogP contribution in [-0.2, 0) is 6.42 Å². The summed E-state index contributed by atoms with van der Waals surface area (Å²) in [5.74, 6) is -1.32. The first-order valence-electron chi connectivity index (χ1n) is 9.82. The fraction of sp³-hybridized carbons (Fsp3) is 0.250. The predicted molar refractivity (Wildman–Crippen MR) is 121 cm³/mol. The van der Waals surface area contributed by atoms with Gasteiger partial charge in [-0.15, -0.1) is 0 Å². The zero-order chi connectivity index (χ0) is 21.3. The van der Waals surface area contributed by atoms with E-state index < -0.39 is 11.6 Å². The van der Waals surface area contributed by atoms with E-state index in [0.717, 1.165) is 36.2 Å². The number of rotatable bonds is 4. The summed E-state index contributed by atoms with van der Waals surface area (Å²) < 4.78 is 26.9. The molecule has 0 radical (unpaired) electrons. The minimum atomic E-state index is -0.817.